The fourth-order valence-electron chi connectivity index (χ4n) is 8.70. The van der Waals surface area contributed by atoms with Gasteiger partial charge in [-0.1, -0.05) is 84.9 Å². The van der Waals surface area contributed by atoms with Crippen LogP contribution in [-0.2, 0) is 12.4 Å². The lowest BCUT2D eigenvalue weighted by Crippen LogP contribution is -2.11. The summed E-state index contributed by atoms with van der Waals surface area (Å²) in [7, 11) is 0. The number of rotatable bonds is 7. The van der Waals surface area contributed by atoms with E-state index >= 15 is 0 Å². The Morgan fingerprint density at radius 3 is 1.25 bits per heavy atom. The zero-order valence-electron chi connectivity index (χ0n) is 36.5. The van der Waals surface area contributed by atoms with Crippen LogP contribution in [0.1, 0.15) is 33.4 Å². The quantitative estimate of drug-likeness (QED) is 0.145. The van der Waals surface area contributed by atoms with Gasteiger partial charge >= 0.3 is 12.4 Å². The van der Waals surface area contributed by atoms with Crippen LogP contribution in [0.2, 0.25) is 0 Å². The number of fused-ring (bicyclic) bond motifs is 3. The third kappa shape index (κ3) is 8.44. The average Bonchev–Trinajstić information content (AvgIpc) is 3.73. The van der Waals surface area contributed by atoms with Crippen LogP contribution in [0.4, 0.5) is 26.3 Å². The molecule has 0 unspecified atom stereocenters. The van der Waals surface area contributed by atoms with Crippen LogP contribution >= 0.6 is 0 Å². The van der Waals surface area contributed by atoms with E-state index in [0.29, 0.717) is 73.0 Å². The molecule has 0 aliphatic rings. The first kappa shape index (κ1) is 44.9. The number of halogens is 6. The Balaban J connectivity index is 1.28. The van der Waals surface area contributed by atoms with Gasteiger partial charge in [0.05, 0.1) is 68.7 Å². The molecule has 2 heterocycles. The molecule has 2 aromatic heterocycles. The predicted molar refractivity (Wildman–Crippen MR) is 256 cm³/mol. The SMILES string of the molecule is N#Cc1ccc(-c2ccc3c(c2)c2cc(-c4ccc(C#N)cc4C#N)ccc2n3-c2ccc(-c3nc(-c4ccccc4)nc(-c4ccccc4)n3)c(-c3cc(C(F)(F)F)cc(C(F)(F)F)c3)c2)c(C#N)c1. The minimum absolute atomic E-state index is 0.0202. The van der Waals surface area contributed by atoms with Crippen molar-refractivity contribution in [3.8, 4) is 97.5 Å². The highest BCUT2D eigenvalue weighted by molar-refractivity contribution is 6.12. The van der Waals surface area contributed by atoms with Crippen LogP contribution in [0.15, 0.2) is 170 Å². The van der Waals surface area contributed by atoms with Gasteiger partial charge in [-0.05, 0) is 118 Å². The van der Waals surface area contributed by atoms with Gasteiger partial charge in [0.1, 0.15) is 0 Å². The molecule has 0 spiro atoms. The van der Waals surface area contributed by atoms with Gasteiger partial charge in [0.15, 0.2) is 17.5 Å². The summed E-state index contributed by atoms with van der Waals surface area (Å²) < 4.78 is 89.5. The summed E-state index contributed by atoms with van der Waals surface area (Å²) in [6.45, 7) is 0. The van der Waals surface area contributed by atoms with Gasteiger partial charge in [-0.3, -0.25) is 0 Å². The summed E-state index contributed by atoms with van der Waals surface area (Å²) in [5.74, 6) is 0.400. The first-order chi connectivity index (χ1) is 34.2. The lowest BCUT2D eigenvalue weighted by molar-refractivity contribution is -0.143. The third-order valence-corrected chi connectivity index (χ3v) is 12.0. The molecule has 0 aliphatic heterocycles. The standard InChI is InChI=1S/C57H28F6N8/c58-56(59,60)42-23-39(24-43(27-42)57(61,62)63)48-28-44(15-18-47(48)55-69-53(35-7-3-1-4-8-35)68-54(70-55)36-9-5-2-6-10-36)71-51-19-13-37(45-16-11-33(29-64)21-40(45)31-66)25-49(51)50-26-38(14-20-52(50)71)46-17-12-34(30-65)22-41(46)32-67/h1-28H. The number of benzene rings is 8. The average molecular weight is 939 g/mol. The highest BCUT2D eigenvalue weighted by Gasteiger charge is 2.37. The van der Waals surface area contributed by atoms with Crippen LogP contribution in [0.25, 0.3) is 95.0 Å². The van der Waals surface area contributed by atoms with Gasteiger partial charge in [0, 0.05) is 33.2 Å². The maximum atomic E-state index is 14.6. The van der Waals surface area contributed by atoms with Crippen molar-refractivity contribution in [1.82, 2.24) is 19.5 Å². The molecular weight excluding hydrogens is 911 g/mol. The summed E-state index contributed by atoms with van der Waals surface area (Å²) in [5, 5.41) is 40.6. The summed E-state index contributed by atoms with van der Waals surface area (Å²) in [6.07, 6.45) is -10.3. The van der Waals surface area contributed by atoms with Crippen molar-refractivity contribution in [3.63, 3.8) is 0 Å². The topological polar surface area (TPSA) is 139 Å². The lowest BCUT2D eigenvalue weighted by atomic mass is 9.94. The van der Waals surface area contributed by atoms with Gasteiger partial charge in [-0.15, -0.1) is 0 Å². The second-order valence-corrected chi connectivity index (χ2v) is 16.3. The van der Waals surface area contributed by atoms with Crippen molar-refractivity contribution in [2.24, 2.45) is 0 Å². The van der Waals surface area contributed by atoms with Crippen LogP contribution in [0.5, 0.6) is 0 Å². The van der Waals surface area contributed by atoms with Gasteiger partial charge in [-0.2, -0.15) is 47.4 Å². The predicted octanol–water partition coefficient (Wildman–Crippen LogP) is 14.5. The Morgan fingerprint density at radius 1 is 0.366 bits per heavy atom. The first-order valence-electron chi connectivity index (χ1n) is 21.5. The van der Waals surface area contributed by atoms with E-state index in [1.165, 1.54) is 18.2 Å². The monoisotopic (exact) mass is 938 g/mol. The Kier molecular flexibility index (Phi) is 11.2. The van der Waals surface area contributed by atoms with E-state index in [-0.39, 0.29) is 56.9 Å². The number of hydrogen-bond donors (Lipinski definition) is 0. The van der Waals surface area contributed by atoms with Crippen molar-refractivity contribution in [3.05, 3.63) is 203 Å². The van der Waals surface area contributed by atoms with Crippen LogP contribution in [0.3, 0.4) is 0 Å². The van der Waals surface area contributed by atoms with E-state index in [1.807, 2.05) is 28.8 Å². The number of hydrogen-bond acceptors (Lipinski definition) is 7. The molecule has 10 rings (SSSR count). The van der Waals surface area contributed by atoms with Crippen molar-refractivity contribution in [1.29, 1.82) is 21.0 Å². The molecule has 0 fully saturated rings. The van der Waals surface area contributed by atoms with E-state index in [2.05, 4.69) is 12.1 Å². The maximum Gasteiger partial charge on any atom is 0.416 e. The van der Waals surface area contributed by atoms with Gasteiger partial charge in [-0.25, -0.2) is 15.0 Å². The zero-order valence-corrected chi connectivity index (χ0v) is 36.5. The molecule has 0 bridgehead atoms. The molecular formula is C57H28F6N8. The van der Waals surface area contributed by atoms with Crippen LogP contribution < -0.4 is 0 Å². The molecule has 0 aliphatic carbocycles. The van der Waals surface area contributed by atoms with E-state index in [9.17, 15) is 47.4 Å². The van der Waals surface area contributed by atoms with E-state index in [1.54, 1.807) is 121 Å². The molecule has 71 heavy (non-hydrogen) atoms. The summed E-state index contributed by atoms with van der Waals surface area (Å²) >= 11 is 0. The molecule has 0 radical (unpaired) electrons. The number of nitrogens with zero attached hydrogens (tertiary/aromatic N) is 8. The minimum Gasteiger partial charge on any atom is -0.309 e. The fourth-order valence-corrected chi connectivity index (χ4v) is 8.70. The molecule has 8 aromatic carbocycles. The molecule has 0 saturated carbocycles. The van der Waals surface area contributed by atoms with E-state index < -0.39 is 29.0 Å². The number of aromatic nitrogens is 4. The smallest absolute Gasteiger partial charge is 0.309 e. The van der Waals surface area contributed by atoms with E-state index in [4.69, 9.17) is 15.0 Å². The van der Waals surface area contributed by atoms with Crippen molar-refractivity contribution in [2.45, 2.75) is 12.4 Å². The van der Waals surface area contributed by atoms with Gasteiger partial charge in [0.25, 0.3) is 0 Å². The zero-order chi connectivity index (χ0) is 49.6. The Bertz CT molecular complexity index is 3740. The molecule has 0 amide bonds. The van der Waals surface area contributed by atoms with Crippen LogP contribution in [0, 0.1) is 45.3 Å². The number of alkyl halides is 6. The Morgan fingerprint density at radius 2 is 0.817 bits per heavy atom. The molecule has 0 saturated heterocycles. The molecule has 0 N–H and O–H groups in total. The maximum absolute atomic E-state index is 14.6. The molecule has 10 aromatic rings. The molecule has 14 heteroatoms. The highest BCUT2D eigenvalue weighted by atomic mass is 19.4. The summed E-state index contributed by atoms with van der Waals surface area (Å²) in [4.78, 5) is 14.3. The largest absolute Gasteiger partial charge is 0.416 e. The first-order valence-corrected chi connectivity index (χ1v) is 21.5. The summed E-state index contributed by atoms with van der Waals surface area (Å²) in [5.41, 5.74) is 2.58. The Labute approximate surface area is 400 Å². The second kappa shape index (κ2) is 17.6. The number of nitriles is 4. The summed E-state index contributed by atoms with van der Waals surface area (Å²) in [6, 6.07) is 52.7. The van der Waals surface area contributed by atoms with Gasteiger partial charge < -0.3 is 4.57 Å². The minimum atomic E-state index is -5.16. The van der Waals surface area contributed by atoms with Crippen molar-refractivity contribution in [2.75, 3.05) is 0 Å². The Hall–Kier alpha value is -9.89. The van der Waals surface area contributed by atoms with Crippen LogP contribution in [-0.4, -0.2) is 19.5 Å². The molecule has 0 atom stereocenters. The lowest BCUT2D eigenvalue weighted by Gasteiger charge is -2.18. The third-order valence-electron chi connectivity index (χ3n) is 12.0. The van der Waals surface area contributed by atoms with Gasteiger partial charge in [0.2, 0.25) is 0 Å². The van der Waals surface area contributed by atoms with E-state index in [0.717, 1.165) is 0 Å². The highest BCUT2D eigenvalue weighted by Crippen LogP contribution is 2.44. The normalized spacial score (nSPS) is 11.5. The van der Waals surface area contributed by atoms with Crippen molar-refractivity contribution < 1.29 is 26.3 Å². The fraction of sp³-hybridized carbons (Fsp3) is 0.0351. The van der Waals surface area contributed by atoms with Crippen molar-refractivity contribution >= 4 is 21.8 Å². The second-order valence-electron chi connectivity index (χ2n) is 16.3. The molecule has 8 nitrogen and oxygen atoms in total. The molecule has 338 valence electrons.